The monoisotopic (exact) mass is 457 g/mol. The van der Waals surface area contributed by atoms with Crippen molar-refractivity contribution in [3.63, 3.8) is 0 Å². The topological polar surface area (TPSA) is 102 Å². The first-order valence-corrected chi connectivity index (χ1v) is 10.3. The van der Waals surface area contributed by atoms with Crippen molar-refractivity contribution >= 4 is 22.7 Å². The van der Waals surface area contributed by atoms with Gasteiger partial charge in [0.2, 0.25) is 0 Å². The number of fused-ring (bicyclic) bond motifs is 1. The molecule has 0 aliphatic carbocycles. The summed E-state index contributed by atoms with van der Waals surface area (Å²) in [5.41, 5.74) is 3.77. The standard InChI is InChI=1S/C22H22F3N7O/c1-13(2)14-8-21(31-27-10-14)30-20-4-3-17-18(29-20)7-15(9-26-17)16-11-28-32(12-16)6-5-19(33)22(23,24)25/h3-4,7-13,19,33H,5-6H2,1-2H3,(H,29,30,31). The van der Waals surface area contributed by atoms with Crippen molar-refractivity contribution in [1.29, 1.82) is 0 Å². The molecule has 11 heteroatoms. The van der Waals surface area contributed by atoms with E-state index in [0.29, 0.717) is 34.2 Å². The van der Waals surface area contributed by atoms with Crippen molar-refractivity contribution in [3.05, 3.63) is 54.6 Å². The molecule has 0 fully saturated rings. The summed E-state index contributed by atoms with van der Waals surface area (Å²) in [6, 6.07) is 7.37. The van der Waals surface area contributed by atoms with Crippen molar-refractivity contribution in [2.24, 2.45) is 0 Å². The molecule has 0 aliphatic heterocycles. The van der Waals surface area contributed by atoms with E-state index >= 15 is 0 Å². The third-order valence-corrected chi connectivity index (χ3v) is 5.11. The Morgan fingerprint density at radius 2 is 1.85 bits per heavy atom. The molecule has 0 saturated heterocycles. The lowest BCUT2D eigenvalue weighted by atomic mass is 10.1. The smallest absolute Gasteiger partial charge is 0.384 e. The lowest BCUT2D eigenvalue weighted by molar-refractivity contribution is -0.206. The molecule has 0 bridgehead atoms. The maximum Gasteiger partial charge on any atom is 0.414 e. The van der Waals surface area contributed by atoms with Gasteiger partial charge < -0.3 is 10.4 Å². The summed E-state index contributed by atoms with van der Waals surface area (Å²) < 4.78 is 38.8. The van der Waals surface area contributed by atoms with E-state index in [-0.39, 0.29) is 6.54 Å². The Morgan fingerprint density at radius 3 is 2.61 bits per heavy atom. The van der Waals surface area contributed by atoms with Crippen LogP contribution in [0.2, 0.25) is 0 Å². The highest BCUT2D eigenvalue weighted by Crippen LogP contribution is 2.25. The van der Waals surface area contributed by atoms with Gasteiger partial charge in [0.1, 0.15) is 5.82 Å². The van der Waals surface area contributed by atoms with Crippen LogP contribution in [0, 0.1) is 0 Å². The summed E-state index contributed by atoms with van der Waals surface area (Å²) in [6.45, 7) is 4.08. The maximum atomic E-state index is 12.5. The van der Waals surface area contributed by atoms with Crippen LogP contribution < -0.4 is 5.32 Å². The lowest BCUT2D eigenvalue weighted by Gasteiger charge is -2.13. The molecular weight excluding hydrogens is 435 g/mol. The number of aromatic nitrogens is 6. The molecule has 1 atom stereocenters. The molecule has 172 valence electrons. The van der Waals surface area contributed by atoms with Gasteiger partial charge in [-0.15, -0.1) is 5.10 Å². The number of alkyl halides is 3. The van der Waals surface area contributed by atoms with Gasteiger partial charge in [0.25, 0.3) is 0 Å². The number of nitrogens with one attached hydrogen (secondary N) is 1. The Kier molecular flexibility index (Phi) is 6.23. The summed E-state index contributed by atoms with van der Waals surface area (Å²) in [5.74, 6) is 1.47. The number of rotatable bonds is 7. The lowest BCUT2D eigenvalue weighted by Crippen LogP contribution is -2.29. The van der Waals surface area contributed by atoms with Gasteiger partial charge in [0.15, 0.2) is 11.9 Å². The maximum absolute atomic E-state index is 12.5. The molecule has 4 rings (SSSR count). The summed E-state index contributed by atoms with van der Waals surface area (Å²) >= 11 is 0. The van der Waals surface area contributed by atoms with Gasteiger partial charge in [-0.25, -0.2) is 4.98 Å². The van der Waals surface area contributed by atoms with Gasteiger partial charge in [-0.1, -0.05) is 13.8 Å². The second-order valence-corrected chi connectivity index (χ2v) is 7.95. The van der Waals surface area contributed by atoms with Crippen LogP contribution >= 0.6 is 0 Å². The molecule has 4 aromatic heterocycles. The van der Waals surface area contributed by atoms with E-state index in [2.05, 4.69) is 44.4 Å². The number of aliphatic hydroxyl groups is 1. The predicted molar refractivity (Wildman–Crippen MR) is 117 cm³/mol. The van der Waals surface area contributed by atoms with Gasteiger partial charge >= 0.3 is 6.18 Å². The normalized spacial score (nSPS) is 12.9. The minimum absolute atomic E-state index is 0.0650. The Bertz CT molecular complexity index is 1260. The largest absolute Gasteiger partial charge is 0.414 e. The Labute approximate surface area is 187 Å². The van der Waals surface area contributed by atoms with Crippen LogP contribution in [-0.2, 0) is 6.54 Å². The fourth-order valence-electron chi connectivity index (χ4n) is 3.18. The highest BCUT2D eigenvalue weighted by Gasteiger charge is 2.37. The molecule has 4 heterocycles. The highest BCUT2D eigenvalue weighted by molar-refractivity contribution is 5.81. The average Bonchev–Trinajstić information content (AvgIpc) is 3.25. The first-order valence-electron chi connectivity index (χ1n) is 10.3. The van der Waals surface area contributed by atoms with Crippen molar-refractivity contribution in [2.45, 2.75) is 45.0 Å². The molecule has 4 aromatic rings. The molecule has 0 aromatic carbocycles. The Hall–Kier alpha value is -3.60. The quantitative estimate of drug-likeness (QED) is 0.422. The molecule has 0 spiro atoms. The van der Waals surface area contributed by atoms with Crippen LogP contribution in [0.5, 0.6) is 0 Å². The summed E-state index contributed by atoms with van der Waals surface area (Å²) in [6.07, 6.45) is -0.965. The number of anilines is 2. The van der Waals surface area contributed by atoms with Gasteiger partial charge in [-0.2, -0.15) is 23.4 Å². The molecule has 8 nitrogen and oxygen atoms in total. The van der Waals surface area contributed by atoms with E-state index in [9.17, 15) is 13.2 Å². The number of nitrogens with zero attached hydrogens (tertiary/aromatic N) is 6. The van der Waals surface area contributed by atoms with Crippen LogP contribution in [-0.4, -0.2) is 47.3 Å². The van der Waals surface area contributed by atoms with E-state index in [1.54, 1.807) is 24.7 Å². The average molecular weight is 457 g/mol. The van der Waals surface area contributed by atoms with Crippen molar-refractivity contribution in [3.8, 4) is 11.1 Å². The van der Waals surface area contributed by atoms with Crippen LogP contribution in [0.25, 0.3) is 22.2 Å². The molecule has 0 saturated carbocycles. The molecular formula is C22H22F3N7O. The zero-order valence-corrected chi connectivity index (χ0v) is 18.0. The van der Waals surface area contributed by atoms with E-state index in [4.69, 9.17) is 5.11 Å². The number of aliphatic hydroxyl groups excluding tert-OH is 1. The third kappa shape index (κ3) is 5.43. The fraction of sp³-hybridized carbons (Fsp3) is 0.318. The first-order chi connectivity index (χ1) is 15.7. The SMILES string of the molecule is CC(C)c1cnnc(Nc2ccc3ncc(-c4cnn(CCC(O)C(F)(F)F)c4)cc3n2)c1. The van der Waals surface area contributed by atoms with Gasteiger partial charge in [-0.3, -0.25) is 9.67 Å². The predicted octanol–water partition coefficient (Wildman–Crippen LogP) is 4.46. The fourth-order valence-corrected chi connectivity index (χ4v) is 3.18. The highest BCUT2D eigenvalue weighted by atomic mass is 19.4. The van der Waals surface area contributed by atoms with Gasteiger partial charge in [-0.05, 0) is 35.7 Å². The minimum Gasteiger partial charge on any atom is -0.384 e. The molecule has 2 N–H and O–H groups in total. The number of pyridine rings is 2. The van der Waals surface area contributed by atoms with E-state index < -0.39 is 18.7 Å². The second kappa shape index (κ2) is 9.10. The van der Waals surface area contributed by atoms with Gasteiger partial charge in [0, 0.05) is 36.5 Å². The number of hydrogen-bond acceptors (Lipinski definition) is 7. The molecule has 0 amide bonds. The van der Waals surface area contributed by atoms with Crippen LogP contribution in [0.1, 0.15) is 31.7 Å². The van der Waals surface area contributed by atoms with Crippen molar-refractivity contribution in [1.82, 2.24) is 29.9 Å². The zero-order valence-electron chi connectivity index (χ0n) is 18.0. The molecule has 1 unspecified atom stereocenters. The number of aryl methyl sites for hydroxylation is 1. The van der Waals surface area contributed by atoms with E-state index in [1.807, 2.05) is 18.2 Å². The zero-order chi connectivity index (χ0) is 23.6. The number of halogens is 3. The van der Waals surface area contributed by atoms with Gasteiger partial charge in [0.05, 0.1) is 23.4 Å². The Morgan fingerprint density at radius 1 is 1.03 bits per heavy atom. The summed E-state index contributed by atoms with van der Waals surface area (Å²) in [7, 11) is 0. The first kappa shape index (κ1) is 22.6. The van der Waals surface area contributed by atoms with E-state index in [1.165, 1.54) is 10.9 Å². The van der Waals surface area contributed by atoms with Crippen LogP contribution in [0.15, 0.2) is 49.1 Å². The second-order valence-electron chi connectivity index (χ2n) is 7.95. The molecule has 33 heavy (non-hydrogen) atoms. The van der Waals surface area contributed by atoms with Crippen molar-refractivity contribution < 1.29 is 18.3 Å². The summed E-state index contributed by atoms with van der Waals surface area (Å²) in [4.78, 5) is 9.01. The van der Waals surface area contributed by atoms with Crippen molar-refractivity contribution in [2.75, 3.05) is 5.32 Å². The van der Waals surface area contributed by atoms with E-state index in [0.717, 1.165) is 11.1 Å². The van der Waals surface area contributed by atoms with Crippen LogP contribution in [0.3, 0.4) is 0 Å². The third-order valence-electron chi connectivity index (χ3n) is 5.11. The minimum atomic E-state index is -4.64. The summed E-state index contributed by atoms with van der Waals surface area (Å²) in [5, 5.41) is 24.5. The molecule has 0 radical (unpaired) electrons. The van der Waals surface area contributed by atoms with Crippen LogP contribution in [0.4, 0.5) is 24.8 Å². The Balaban J connectivity index is 1.52. The molecule has 0 aliphatic rings. The number of hydrogen-bond donors (Lipinski definition) is 2.